The highest BCUT2D eigenvalue weighted by atomic mass is 16.4. The van der Waals surface area contributed by atoms with Crippen LogP contribution in [-0.2, 0) is 17.8 Å². The molecular formula is C27H28N4O3. The molecule has 0 amide bonds. The first-order valence-electron chi connectivity index (χ1n) is 11.4. The number of carboxylic acids is 1. The lowest BCUT2D eigenvalue weighted by atomic mass is 10.0. The van der Waals surface area contributed by atoms with Crippen LogP contribution in [0, 0.1) is 0 Å². The number of nitrogens with two attached hydrogens (primary N) is 1. The van der Waals surface area contributed by atoms with Crippen LogP contribution in [0.3, 0.4) is 0 Å². The molecule has 0 radical (unpaired) electrons. The molecule has 5 rings (SSSR count). The summed E-state index contributed by atoms with van der Waals surface area (Å²) in [6, 6.07) is 18.4. The first kappa shape index (κ1) is 23.2. The van der Waals surface area contributed by atoms with Gasteiger partial charge in [-0.15, -0.1) is 0 Å². The van der Waals surface area contributed by atoms with Gasteiger partial charge < -0.3 is 20.4 Å². The van der Waals surface area contributed by atoms with E-state index in [0.29, 0.717) is 12.2 Å². The molecule has 34 heavy (non-hydrogen) atoms. The lowest BCUT2D eigenvalue weighted by Gasteiger charge is -2.07. The van der Waals surface area contributed by atoms with Crippen LogP contribution in [0.5, 0.6) is 0 Å². The largest absolute Gasteiger partial charge is 0.481 e. The summed E-state index contributed by atoms with van der Waals surface area (Å²) >= 11 is 0. The fraction of sp³-hybridized carbons (Fsp3) is 0.222. The zero-order valence-corrected chi connectivity index (χ0v) is 19.3. The van der Waals surface area contributed by atoms with Gasteiger partial charge in [-0.05, 0) is 36.4 Å². The van der Waals surface area contributed by atoms with Gasteiger partial charge in [0.2, 0.25) is 0 Å². The fourth-order valence-corrected chi connectivity index (χ4v) is 4.35. The number of para-hydroxylation sites is 1. The maximum atomic E-state index is 13.0. The third kappa shape index (κ3) is 4.43. The second kappa shape index (κ2) is 9.89. The number of aromatic nitrogens is 3. The number of aromatic amines is 1. The molecule has 174 valence electrons. The van der Waals surface area contributed by atoms with Crippen LogP contribution >= 0.6 is 0 Å². The van der Waals surface area contributed by atoms with E-state index in [4.69, 9.17) is 20.6 Å². The number of H-pyrrole nitrogens is 1. The van der Waals surface area contributed by atoms with Crippen molar-refractivity contribution in [3.63, 3.8) is 0 Å². The molecule has 2 heterocycles. The number of nitrogens with one attached hydrogen (secondary N) is 1. The van der Waals surface area contributed by atoms with Crippen molar-refractivity contribution in [2.75, 3.05) is 6.54 Å². The number of carbonyl (C=O) groups is 1. The number of aliphatic carboxylic acids is 1. The van der Waals surface area contributed by atoms with Gasteiger partial charge in [0.05, 0.1) is 16.6 Å². The molecule has 0 atom stereocenters. The summed E-state index contributed by atoms with van der Waals surface area (Å²) in [6.07, 6.45) is 3.87. The highest BCUT2D eigenvalue weighted by Crippen LogP contribution is 2.32. The summed E-state index contributed by atoms with van der Waals surface area (Å²) in [6.45, 7) is 4.68. The molecule has 0 unspecified atom stereocenters. The van der Waals surface area contributed by atoms with Crippen LogP contribution in [0.4, 0.5) is 0 Å². The minimum Gasteiger partial charge on any atom is -0.481 e. The van der Waals surface area contributed by atoms with E-state index in [1.807, 2.05) is 30.3 Å². The van der Waals surface area contributed by atoms with Gasteiger partial charge in [-0.2, -0.15) is 0 Å². The molecule has 0 aliphatic rings. The van der Waals surface area contributed by atoms with E-state index >= 15 is 0 Å². The fourth-order valence-electron chi connectivity index (χ4n) is 4.35. The van der Waals surface area contributed by atoms with Crippen molar-refractivity contribution >= 4 is 38.7 Å². The van der Waals surface area contributed by atoms with Crippen LogP contribution in [0.2, 0.25) is 0 Å². The van der Waals surface area contributed by atoms with Gasteiger partial charge in [0, 0.05) is 36.0 Å². The van der Waals surface area contributed by atoms with Crippen LogP contribution in [0.1, 0.15) is 25.8 Å². The third-order valence-corrected chi connectivity index (χ3v) is 5.81. The van der Waals surface area contributed by atoms with Gasteiger partial charge in [0.25, 0.3) is 11.5 Å². The first-order chi connectivity index (χ1) is 16.4. The van der Waals surface area contributed by atoms with Gasteiger partial charge >= 0.3 is 0 Å². The number of fused-ring (bicyclic) bond motifs is 4. The average molecular weight is 457 g/mol. The Morgan fingerprint density at radius 3 is 2.56 bits per heavy atom. The van der Waals surface area contributed by atoms with E-state index < -0.39 is 5.97 Å². The number of aryl methyl sites for hydroxylation is 2. The number of carboxylic acid groups (broad SMARTS) is 1. The molecule has 0 saturated carbocycles. The Morgan fingerprint density at radius 2 is 1.82 bits per heavy atom. The lowest BCUT2D eigenvalue weighted by Crippen LogP contribution is -2.11. The Bertz CT molecular complexity index is 1540. The van der Waals surface area contributed by atoms with Crippen LogP contribution in [-0.4, -0.2) is 32.2 Å². The summed E-state index contributed by atoms with van der Waals surface area (Å²) < 4.78 is 2.23. The van der Waals surface area contributed by atoms with E-state index in [-0.39, 0.29) is 5.56 Å². The topological polar surface area (TPSA) is 114 Å². The van der Waals surface area contributed by atoms with E-state index in [2.05, 4.69) is 46.9 Å². The average Bonchev–Trinajstić information content (AvgIpc) is 3.20. The Kier molecular flexibility index (Phi) is 6.75. The van der Waals surface area contributed by atoms with Crippen LogP contribution in [0.25, 0.3) is 44.0 Å². The number of hydrogen-bond acceptors (Lipinski definition) is 4. The van der Waals surface area contributed by atoms with Gasteiger partial charge in [0.15, 0.2) is 0 Å². The minimum absolute atomic E-state index is 0.169. The van der Waals surface area contributed by atoms with E-state index in [1.165, 1.54) is 11.1 Å². The number of nitrogens with zero attached hydrogens (tertiary/aromatic N) is 2. The predicted octanol–water partition coefficient (Wildman–Crippen LogP) is 4.70. The Morgan fingerprint density at radius 1 is 1.09 bits per heavy atom. The Hall–Kier alpha value is -3.97. The number of hydrogen-bond donors (Lipinski definition) is 3. The van der Waals surface area contributed by atoms with Crippen molar-refractivity contribution in [2.24, 2.45) is 5.73 Å². The van der Waals surface area contributed by atoms with Crippen molar-refractivity contribution in [3.05, 3.63) is 76.7 Å². The second-order valence-electron chi connectivity index (χ2n) is 8.16. The standard InChI is InChI=1S/C25H24N4O.C2H4O2/c1-2-16-8-5-10-19-20(15-29(24(16)19)14-6-13-26)23-25(30)27-21-12-11-17-7-3-4-9-18(17)22(21)28-23;1-2(3)4/h3-5,7-12,15H,2,6,13-14,26H2,1H3,(H,27,30);1H3,(H,3,4). The van der Waals surface area contributed by atoms with Crippen LogP contribution < -0.4 is 11.3 Å². The molecule has 3 aromatic carbocycles. The molecule has 0 spiro atoms. The van der Waals surface area contributed by atoms with E-state index in [1.54, 1.807) is 0 Å². The Balaban J connectivity index is 0.000000636. The molecule has 0 aliphatic carbocycles. The summed E-state index contributed by atoms with van der Waals surface area (Å²) in [5.41, 5.74) is 10.9. The van der Waals surface area contributed by atoms with E-state index in [9.17, 15) is 4.79 Å². The van der Waals surface area contributed by atoms with Gasteiger partial charge in [0.1, 0.15) is 5.69 Å². The zero-order valence-electron chi connectivity index (χ0n) is 19.3. The quantitative estimate of drug-likeness (QED) is 0.332. The van der Waals surface area contributed by atoms with Crippen molar-refractivity contribution in [1.29, 1.82) is 0 Å². The monoisotopic (exact) mass is 456 g/mol. The van der Waals surface area contributed by atoms with E-state index in [0.717, 1.165) is 59.1 Å². The SMILES string of the molecule is CC(=O)O.CCc1cccc2c(-c3nc4c(ccc5ccccc54)[nH]c3=O)cn(CCCN)c12. The Labute approximate surface area is 196 Å². The smallest absolute Gasteiger partial charge is 0.300 e. The van der Waals surface area contributed by atoms with Crippen molar-refractivity contribution < 1.29 is 9.90 Å². The molecule has 0 saturated heterocycles. The van der Waals surface area contributed by atoms with Gasteiger partial charge in [-0.25, -0.2) is 4.98 Å². The summed E-state index contributed by atoms with van der Waals surface area (Å²) in [5, 5.41) is 10.6. The molecular weight excluding hydrogens is 428 g/mol. The molecule has 7 heteroatoms. The summed E-state index contributed by atoms with van der Waals surface area (Å²) in [4.78, 5) is 30.0. The molecule has 5 aromatic rings. The molecule has 2 aromatic heterocycles. The van der Waals surface area contributed by atoms with Gasteiger partial charge in [-0.1, -0.05) is 55.5 Å². The van der Waals surface area contributed by atoms with Crippen molar-refractivity contribution in [3.8, 4) is 11.3 Å². The molecule has 4 N–H and O–H groups in total. The molecule has 0 fully saturated rings. The van der Waals surface area contributed by atoms with Crippen LogP contribution in [0.15, 0.2) is 65.6 Å². The number of benzene rings is 3. The van der Waals surface area contributed by atoms with Crippen molar-refractivity contribution in [2.45, 2.75) is 33.2 Å². The highest BCUT2D eigenvalue weighted by Gasteiger charge is 2.17. The first-order valence-corrected chi connectivity index (χ1v) is 11.4. The molecule has 0 bridgehead atoms. The molecule has 7 nitrogen and oxygen atoms in total. The maximum Gasteiger partial charge on any atom is 0.300 e. The molecule has 0 aliphatic heterocycles. The second-order valence-corrected chi connectivity index (χ2v) is 8.16. The third-order valence-electron chi connectivity index (χ3n) is 5.81. The van der Waals surface area contributed by atoms with Gasteiger partial charge in [-0.3, -0.25) is 9.59 Å². The summed E-state index contributed by atoms with van der Waals surface area (Å²) in [7, 11) is 0. The zero-order chi connectivity index (χ0) is 24.2. The minimum atomic E-state index is -0.833. The number of rotatable bonds is 5. The normalized spacial score (nSPS) is 11.0. The van der Waals surface area contributed by atoms with Crippen molar-refractivity contribution in [1.82, 2.24) is 14.5 Å². The maximum absolute atomic E-state index is 13.0. The lowest BCUT2D eigenvalue weighted by molar-refractivity contribution is -0.134. The summed E-state index contributed by atoms with van der Waals surface area (Å²) in [5.74, 6) is -0.833. The highest BCUT2D eigenvalue weighted by molar-refractivity contribution is 6.05. The predicted molar refractivity (Wildman–Crippen MR) is 137 cm³/mol.